The monoisotopic (exact) mass is 369 g/mol. The predicted molar refractivity (Wildman–Crippen MR) is 97.3 cm³/mol. The molecule has 9 nitrogen and oxygen atoms in total. The summed E-state index contributed by atoms with van der Waals surface area (Å²) < 4.78 is 7.11. The van der Waals surface area contributed by atoms with Gasteiger partial charge >= 0.3 is 5.88 Å². The summed E-state index contributed by atoms with van der Waals surface area (Å²) in [5, 5.41) is 10.7. The number of aryl methyl sites for hydroxylation is 1. The van der Waals surface area contributed by atoms with Gasteiger partial charge in [0.1, 0.15) is 10.7 Å². The van der Waals surface area contributed by atoms with Gasteiger partial charge in [-0.2, -0.15) is 0 Å². The summed E-state index contributed by atoms with van der Waals surface area (Å²) in [5.41, 5.74) is 2.07. The highest BCUT2D eigenvalue weighted by Gasteiger charge is 2.26. The molecule has 0 atom stereocenters. The lowest BCUT2D eigenvalue weighted by Crippen LogP contribution is -2.48. The summed E-state index contributed by atoms with van der Waals surface area (Å²) in [6, 6.07) is 10.6. The van der Waals surface area contributed by atoms with Gasteiger partial charge in [-0.15, -0.1) is 0 Å². The lowest BCUT2D eigenvalue weighted by atomic mass is 10.3. The molecule has 0 saturated carbocycles. The standard InChI is InChI=1S/C18H19N5O4/c1-20-14-5-3-2-4-13(14)19-16(20)12-21-8-10-22(11-9-21)18(24)15-6-7-17(27-15)23(25)26/h2-7H,8-12H2,1H3. The van der Waals surface area contributed by atoms with Crippen LogP contribution in [-0.4, -0.2) is 56.4 Å². The third kappa shape index (κ3) is 3.28. The van der Waals surface area contributed by atoms with Gasteiger partial charge < -0.3 is 13.9 Å². The van der Waals surface area contributed by atoms with Crippen LogP contribution in [0.3, 0.4) is 0 Å². The normalized spacial score (nSPS) is 15.4. The van der Waals surface area contributed by atoms with Crippen LogP contribution in [0, 0.1) is 10.1 Å². The van der Waals surface area contributed by atoms with Crippen molar-refractivity contribution in [2.75, 3.05) is 26.2 Å². The maximum absolute atomic E-state index is 12.4. The number of carbonyl (C=O) groups is 1. The lowest BCUT2D eigenvalue weighted by Gasteiger charge is -2.34. The quantitative estimate of drug-likeness (QED) is 0.516. The maximum atomic E-state index is 12.4. The number of nitro groups is 1. The highest BCUT2D eigenvalue weighted by molar-refractivity contribution is 5.91. The van der Waals surface area contributed by atoms with Gasteiger partial charge in [0.25, 0.3) is 5.91 Å². The van der Waals surface area contributed by atoms with Crippen LogP contribution >= 0.6 is 0 Å². The van der Waals surface area contributed by atoms with Crippen LogP contribution in [0.15, 0.2) is 40.8 Å². The fraction of sp³-hybridized carbons (Fsp3) is 0.333. The van der Waals surface area contributed by atoms with Crippen molar-refractivity contribution in [2.24, 2.45) is 7.05 Å². The Balaban J connectivity index is 1.38. The predicted octanol–water partition coefficient (Wildman–Crippen LogP) is 2.03. The summed E-state index contributed by atoms with van der Waals surface area (Å²) in [4.78, 5) is 31.1. The van der Waals surface area contributed by atoms with Gasteiger partial charge in [-0.25, -0.2) is 4.98 Å². The van der Waals surface area contributed by atoms with Gasteiger partial charge in [-0.3, -0.25) is 19.8 Å². The SMILES string of the molecule is Cn1c(CN2CCN(C(=O)c3ccc([N+](=O)[O-])o3)CC2)nc2ccccc21. The van der Waals surface area contributed by atoms with Gasteiger partial charge in [-0.05, 0) is 18.2 Å². The Morgan fingerprint density at radius 3 is 2.59 bits per heavy atom. The number of fused-ring (bicyclic) bond motifs is 1. The highest BCUT2D eigenvalue weighted by Crippen LogP contribution is 2.19. The van der Waals surface area contributed by atoms with E-state index >= 15 is 0 Å². The summed E-state index contributed by atoms with van der Waals surface area (Å²) in [7, 11) is 2.01. The average molecular weight is 369 g/mol. The van der Waals surface area contributed by atoms with Crippen molar-refractivity contribution >= 4 is 22.8 Å². The molecule has 3 heterocycles. The van der Waals surface area contributed by atoms with Crippen molar-refractivity contribution in [3.05, 3.63) is 58.1 Å². The third-order valence-corrected chi connectivity index (χ3v) is 4.89. The van der Waals surface area contributed by atoms with Crippen molar-refractivity contribution < 1.29 is 14.1 Å². The molecule has 0 radical (unpaired) electrons. The van der Waals surface area contributed by atoms with Crippen molar-refractivity contribution in [3.63, 3.8) is 0 Å². The van der Waals surface area contributed by atoms with E-state index in [9.17, 15) is 14.9 Å². The van der Waals surface area contributed by atoms with E-state index in [1.54, 1.807) is 4.90 Å². The largest absolute Gasteiger partial charge is 0.433 e. The first-order valence-corrected chi connectivity index (χ1v) is 8.69. The molecule has 3 aromatic rings. The van der Waals surface area contributed by atoms with E-state index in [2.05, 4.69) is 14.5 Å². The summed E-state index contributed by atoms with van der Waals surface area (Å²) in [6.07, 6.45) is 0. The highest BCUT2D eigenvalue weighted by atomic mass is 16.6. The molecule has 0 bridgehead atoms. The molecule has 1 fully saturated rings. The van der Waals surface area contributed by atoms with Crippen LogP contribution in [0.5, 0.6) is 0 Å². The van der Waals surface area contributed by atoms with Crippen molar-refractivity contribution in [1.29, 1.82) is 0 Å². The van der Waals surface area contributed by atoms with Gasteiger partial charge in [-0.1, -0.05) is 12.1 Å². The number of rotatable bonds is 4. The number of piperazine rings is 1. The number of carbonyl (C=O) groups excluding carboxylic acids is 1. The lowest BCUT2D eigenvalue weighted by molar-refractivity contribution is -0.402. The zero-order valence-electron chi connectivity index (χ0n) is 14.9. The zero-order valence-corrected chi connectivity index (χ0v) is 14.9. The van der Waals surface area contributed by atoms with Gasteiger partial charge in [0.2, 0.25) is 0 Å². The molecule has 9 heteroatoms. The Labute approximate surface area is 154 Å². The number of nitrogens with zero attached hydrogens (tertiary/aromatic N) is 5. The molecule has 1 aliphatic rings. The van der Waals surface area contributed by atoms with Crippen LogP contribution in [-0.2, 0) is 13.6 Å². The summed E-state index contributed by atoms with van der Waals surface area (Å²) in [6.45, 7) is 3.20. The van der Waals surface area contributed by atoms with Gasteiger partial charge in [0, 0.05) is 33.2 Å². The second kappa shape index (κ2) is 6.84. The fourth-order valence-corrected chi connectivity index (χ4v) is 3.34. The van der Waals surface area contributed by atoms with Crippen LogP contribution < -0.4 is 0 Å². The Kier molecular flexibility index (Phi) is 4.36. The molecule has 1 amide bonds. The molecule has 27 heavy (non-hydrogen) atoms. The number of imidazole rings is 1. The average Bonchev–Trinajstić information content (AvgIpc) is 3.28. The first-order chi connectivity index (χ1) is 13.0. The topological polar surface area (TPSA) is 97.7 Å². The molecule has 0 N–H and O–H groups in total. The molecule has 1 saturated heterocycles. The van der Waals surface area contributed by atoms with Crippen molar-refractivity contribution in [3.8, 4) is 0 Å². The Morgan fingerprint density at radius 1 is 1.19 bits per heavy atom. The second-order valence-electron chi connectivity index (χ2n) is 6.54. The Hall–Kier alpha value is -3.20. The maximum Gasteiger partial charge on any atom is 0.433 e. The Bertz CT molecular complexity index is 1000. The van der Waals surface area contributed by atoms with Crippen LogP contribution in [0.25, 0.3) is 11.0 Å². The first kappa shape index (κ1) is 17.2. The molecule has 1 aromatic carbocycles. The van der Waals surface area contributed by atoms with Crippen LogP contribution in [0.1, 0.15) is 16.4 Å². The minimum atomic E-state index is -0.647. The van der Waals surface area contributed by atoms with E-state index in [0.717, 1.165) is 16.9 Å². The van der Waals surface area contributed by atoms with Gasteiger partial charge in [0.05, 0.1) is 23.6 Å². The Morgan fingerprint density at radius 2 is 1.93 bits per heavy atom. The van der Waals surface area contributed by atoms with E-state index in [1.165, 1.54) is 12.1 Å². The molecule has 0 aliphatic carbocycles. The molecular weight excluding hydrogens is 350 g/mol. The fourth-order valence-electron chi connectivity index (χ4n) is 3.34. The number of hydrogen-bond donors (Lipinski definition) is 0. The van der Waals surface area contributed by atoms with E-state index in [4.69, 9.17) is 4.42 Å². The second-order valence-corrected chi connectivity index (χ2v) is 6.54. The van der Waals surface area contributed by atoms with Gasteiger partial charge in [0.15, 0.2) is 5.76 Å². The molecular formula is C18H19N5O4. The van der Waals surface area contributed by atoms with Crippen LogP contribution in [0.4, 0.5) is 5.88 Å². The van der Waals surface area contributed by atoms with E-state index < -0.39 is 10.8 Å². The van der Waals surface area contributed by atoms with Crippen molar-refractivity contribution in [1.82, 2.24) is 19.4 Å². The molecule has 4 rings (SSSR count). The molecule has 0 spiro atoms. The smallest absolute Gasteiger partial charge is 0.395 e. The number of amides is 1. The number of aromatic nitrogens is 2. The summed E-state index contributed by atoms with van der Waals surface area (Å²) in [5.74, 6) is 0.257. The first-order valence-electron chi connectivity index (χ1n) is 8.69. The minimum Gasteiger partial charge on any atom is -0.395 e. The molecule has 2 aromatic heterocycles. The number of para-hydroxylation sites is 2. The van der Waals surface area contributed by atoms with E-state index in [1.807, 2.05) is 31.3 Å². The number of hydrogen-bond acceptors (Lipinski definition) is 6. The molecule has 140 valence electrons. The van der Waals surface area contributed by atoms with Crippen LogP contribution in [0.2, 0.25) is 0 Å². The zero-order chi connectivity index (χ0) is 19.0. The number of benzene rings is 1. The molecule has 0 unspecified atom stereocenters. The van der Waals surface area contributed by atoms with Crippen molar-refractivity contribution in [2.45, 2.75) is 6.54 Å². The third-order valence-electron chi connectivity index (χ3n) is 4.89. The molecule has 1 aliphatic heterocycles. The minimum absolute atomic E-state index is 0.00509. The number of furan rings is 1. The van der Waals surface area contributed by atoms with E-state index in [0.29, 0.717) is 32.7 Å². The summed E-state index contributed by atoms with van der Waals surface area (Å²) >= 11 is 0. The van der Waals surface area contributed by atoms with E-state index in [-0.39, 0.29) is 11.7 Å².